The molecule has 0 fully saturated rings. The van der Waals surface area contributed by atoms with Crippen molar-refractivity contribution >= 4 is 72.3 Å². The van der Waals surface area contributed by atoms with Crippen LogP contribution in [0.4, 0.5) is 17.1 Å². The third-order valence-corrected chi connectivity index (χ3v) is 9.15. The standard InChI is InChI=1S/C20H16N4O.C10H5ClN2O.C10H12N2/c1-11-12(2)23-17-4-3-14(8-15(11)17)24-18-5-6-22-19-9-20(25)13(10-21)7-16(18)19;11-8-1-2-13-9-4-10(14)6(5-12)3-7(8)9;1-6-7(2)12-10-4-3-8(11)5-9(6)10/h3-9,23,25H,1-2H3,(H,22,24);1-4,14H;3-5,12H,11H2,1-2H3. The SMILES string of the molecule is Cc1[nH]c2ccc(N)cc2c1C.Cc1[nH]c2ccc(Nc3ccnc4cc(O)c(C#N)cc34)cc2c1C.N#Cc1cc2c(Cl)ccnc2cc1O. The fourth-order valence-electron chi connectivity index (χ4n) is 5.79. The van der Waals surface area contributed by atoms with E-state index in [2.05, 4.69) is 59.0 Å². The Bertz CT molecular complexity index is 2700. The maximum atomic E-state index is 9.85. The summed E-state index contributed by atoms with van der Waals surface area (Å²) in [6, 6.07) is 25.6. The second-order valence-corrected chi connectivity index (χ2v) is 12.5. The van der Waals surface area contributed by atoms with Crippen LogP contribution < -0.4 is 11.1 Å². The van der Waals surface area contributed by atoms with E-state index < -0.39 is 0 Å². The van der Waals surface area contributed by atoms with Gasteiger partial charge in [0.15, 0.2) is 0 Å². The smallest absolute Gasteiger partial charge is 0.135 e. The quantitative estimate of drug-likeness (QED) is 0.0967. The Balaban J connectivity index is 0.000000145. The number of aromatic hydroxyl groups is 2. The van der Waals surface area contributed by atoms with E-state index in [0.29, 0.717) is 21.4 Å². The van der Waals surface area contributed by atoms with Crippen LogP contribution in [0.2, 0.25) is 5.02 Å². The number of aromatic amines is 2. The van der Waals surface area contributed by atoms with Gasteiger partial charge in [-0.1, -0.05) is 11.6 Å². The van der Waals surface area contributed by atoms with Gasteiger partial charge in [-0.2, -0.15) is 10.5 Å². The van der Waals surface area contributed by atoms with Crippen molar-refractivity contribution in [2.75, 3.05) is 11.1 Å². The second-order valence-electron chi connectivity index (χ2n) is 12.1. The monoisotopic (exact) mass is 692 g/mol. The highest BCUT2D eigenvalue weighted by Crippen LogP contribution is 2.32. The van der Waals surface area contributed by atoms with Gasteiger partial charge < -0.3 is 31.2 Å². The number of phenols is 2. The highest BCUT2D eigenvalue weighted by Gasteiger charge is 2.10. The van der Waals surface area contributed by atoms with Gasteiger partial charge in [-0.25, -0.2) is 0 Å². The number of hydrogen-bond donors (Lipinski definition) is 6. The number of rotatable bonds is 2. The Hall–Kier alpha value is -6.75. The van der Waals surface area contributed by atoms with Gasteiger partial charge in [-0.05, 0) is 99.5 Å². The molecule has 0 aliphatic carbocycles. The molecule has 10 nitrogen and oxygen atoms in total. The zero-order valence-electron chi connectivity index (χ0n) is 28.2. The molecule has 252 valence electrons. The van der Waals surface area contributed by atoms with Crippen molar-refractivity contribution in [1.82, 2.24) is 19.9 Å². The van der Waals surface area contributed by atoms with Crippen LogP contribution in [0.1, 0.15) is 33.6 Å². The van der Waals surface area contributed by atoms with Crippen LogP contribution in [0.15, 0.2) is 85.2 Å². The van der Waals surface area contributed by atoms with Gasteiger partial charge in [-0.3, -0.25) is 9.97 Å². The number of nitrogens with two attached hydrogens (primary N) is 1. The van der Waals surface area contributed by atoms with E-state index in [4.69, 9.17) is 27.9 Å². The number of anilines is 3. The Labute approximate surface area is 298 Å². The highest BCUT2D eigenvalue weighted by molar-refractivity contribution is 6.35. The molecule has 51 heavy (non-hydrogen) atoms. The molecule has 0 saturated heterocycles. The molecule has 0 spiro atoms. The normalized spacial score (nSPS) is 10.6. The van der Waals surface area contributed by atoms with Crippen LogP contribution >= 0.6 is 11.6 Å². The summed E-state index contributed by atoms with van der Waals surface area (Å²) < 4.78 is 0. The summed E-state index contributed by atoms with van der Waals surface area (Å²) in [6.07, 6.45) is 3.23. The molecule has 7 N–H and O–H groups in total. The van der Waals surface area contributed by atoms with Gasteiger partial charge >= 0.3 is 0 Å². The van der Waals surface area contributed by atoms with E-state index in [9.17, 15) is 10.2 Å². The van der Waals surface area contributed by atoms with Crippen LogP contribution in [0.3, 0.4) is 0 Å². The second kappa shape index (κ2) is 14.0. The minimum Gasteiger partial charge on any atom is -0.506 e. The van der Waals surface area contributed by atoms with Crippen LogP contribution in [0.25, 0.3) is 43.6 Å². The van der Waals surface area contributed by atoms with E-state index in [-0.39, 0.29) is 22.6 Å². The predicted octanol–water partition coefficient (Wildman–Crippen LogP) is 9.49. The molecule has 0 amide bonds. The zero-order valence-corrected chi connectivity index (χ0v) is 29.0. The number of aryl methyl sites for hydroxylation is 4. The molecule has 0 saturated carbocycles. The average Bonchev–Trinajstić information content (AvgIpc) is 3.56. The Morgan fingerprint density at radius 3 is 1.80 bits per heavy atom. The Kier molecular flexibility index (Phi) is 9.37. The third-order valence-electron chi connectivity index (χ3n) is 8.83. The first-order valence-corrected chi connectivity index (χ1v) is 16.2. The summed E-state index contributed by atoms with van der Waals surface area (Å²) in [5.74, 6) is -0.130. The fraction of sp³-hybridized carbons (Fsp3) is 0.100. The maximum Gasteiger partial charge on any atom is 0.135 e. The molecular formula is C40H33ClN8O2. The number of nitrogens with one attached hydrogen (secondary N) is 3. The minimum atomic E-state index is -0.0743. The fourth-order valence-corrected chi connectivity index (χ4v) is 6.00. The van der Waals surface area contributed by atoms with Gasteiger partial charge in [0.2, 0.25) is 0 Å². The number of phenolic OH excluding ortho intramolecular Hbond substituents is 2. The number of pyridine rings is 2. The summed E-state index contributed by atoms with van der Waals surface area (Å²) in [4.78, 5) is 15.0. The molecule has 4 aromatic heterocycles. The number of H-pyrrole nitrogens is 2. The van der Waals surface area contributed by atoms with Gasteiger partial charge in [-0.15, -0.1) is 0 Å². The number of halogens is 1. The van der Waals surface area contributed by atoms with E-state index >= 15 is 0 Å². The lowest BCUT2D eigenvalue weighted by molar-refractivity contribution is 0.473. The molecule has 0 aliphatic heterocycles. The number of benzene rings is 4. The molecular weight excluding hydrogens is 660 g/mol. The molecule has 4 heterocycles. The summed E-state index contributed by atoms with van der Waals surface area (Å²) in [5.41, 5.74) is 17.1. The van der Waals surface area contributed by atoms with Crippen molar-refractivity contribution in [2.24, 2.45) is 0 Å². The summed E-state index contributed by atoms with van der Waals surface area (Å²) in [5, 5.41) is 44.9. The number of hydrogen-bond acceptors (Lipinski definition) is 8. The summed E-state index contributed by atoms with van der Waals surface area (Å²) >= 11 is 5.91. The van der Waals surface area contributed by atoms with E-state index in [1.54, 1.807) is 24.5 Å². The highest BCUT2D eigenvalue weighted by atomic mass is 35.5. The summed E-state index contributed by atoms with van der Waals surface area (Å²) in [7, 11) is 0. The van der Waals surface area contributed by atoms with Crippen molar-refractivity contribution in [2.45, 2.75) is 27.7 Å². The molecule has 0 unspecified atom stereocenters. The van der Waals surface area contributed by atoms with Gasteiger partial charge in [0.1, 0.15) is 23.6 Å². The molecule has 0 atom stereocenters. The number of aromatic nitrogens is 4. The molecule has 8 rings (SSSR count). The van der Waals surface area contributed by atoms with Crippen molar-refractivity contribution in [3.63, 3.8) is 0 Å². The lowest BCUT2D eigenvalue weighted by Crippen LogP contribution is -1.93. The molecule has 11 heteroatoms. The predicted molar refractivity (Wildman–Crippen MR) is 204 cm³/mol. The Morgan fingerprint density at radius 2 is 1.20 bits per heavy atom. The number of fused-ring (bicyclic) bond motifs is 4. The third kappa shape index (κ3) is 6.90. The van der Waals surface area contributed by atoms with Crippen molar-refractivity contribution in [3.05, 3.63) is 124 Å². The largest absolute Gasteiger partial charge is 0.506 e. The van der Waals surface area contributed by atoms with Crippen LogP contribution in [0.5, 0.6) is 11.5 Å². The average molecular weight is 693 g/mol. The lowest BCUT2D eigenvalue weighted by Gasteiger charge is -2.10. The maximum absolute atomic E-state index is 9.85. The number of nitrogen functional groups attached to an aromatic ring is 1. The van der Waals surface area contributed by atoms with Crippen LogP contribution in [-0.2, 0) is 0 Å². The number of nitriles is 2. The van der Waals surface area contributed by atoms with Crippen molar-refractivity contribution < 1.29 is 10.2 Å². The molecule has 8 aromatic rings. The van der Waals surface area contributed by atoms with Crippen molar-refractivity contribution in [1.29, 1.82) is 10.5 Å². The zero-order chi connectivity index (χ0) is 36.4. The lowest BCUT2D eigenvalue weighted by atomic mass is 10.1. The van der Waals surface area contributed by atoms with E-state index in [0.717, 1.165) is 33.7 Å². The van der Waals surface area contributed by atoms with E-state index in [1.165, 1.54) is 51.3 Å². The molecule has 0 bridgehead atoms. The van der Waals surface area contributed by atoms with E-state index in [1.807, 2.05) is 48.5 Å². The molecule has 0 aliphatic rings. The molecule has 4 aromatic carbocycles. The first-order chi connectivity index (χ1) is 24.5. The first kappa shape index (κ1) is 34.1. The molecule has 0 radical (unpaired) electrons. The topological polar surface area (TPSA) is 183 Å². The van der Waals surface area contributed by atoms with Crippen LogP contribution in [-0.4, -0.2) is 30.1 Å². The minimum absolute atomic E-state index is 0.0560. The van der Waals surface area contributed by atoms with Crippen LogP contribution in [0, 0.1) is 50.4 Å². The Morgan fingerprint density at radius 1 is 0.667 bits per heavy atom. The van der Waals surface area contributed by atoms with Gasteiger partial charge in [0, 0.05) is 85.6 Å². The number of nitrogens with zero attached hydrogens (tertiary/aromatic N) is 4. The van der Waals surface area contributed by atoms with Crippen molar-refractivity contribution in [3.8, 4) is 23.6 Å². The summed E-state index contributed by atoms with van der Waals surface area (Å²) in [6.45, 7) is 8.34. The first-order valence-electron chi connectivity index (χ1n) is 15.9. The van der Waals surface area contributed by atoms with Gasteiger partial charge in [0.25, 0.3) is 0 Å². The van der Waals surface area contributed by atoms with Gasteiger partial charge in [0.05, 0.1) is 27.2 Å².